The summed E-state index contributed by atoms with van der Waals surface area (Å²) >= 11 is 0. The van der Waals surface area contributed by atoms with Gasteiger partial charge in [0.15, 0.2) is 0 Å². The lowest BCUT2D eigenvalue weighted by Gasteiger charge is -2.35. The van der Waals surface area contributed by atoms with Gasteiger partial charge in [0, 0.05) is 25.3 Å². The van der Waals surface area contributed by atoms with Crippen LogP contribution in [0.4, 0.5) is 5.69 Å². The maximum Gasteiger partial charge on any atom is 0.243 e. The molecular formula is C14H20N2O4S. The SMILES string of the molecule is CC1CN(S(=O)(=O)c2ccc3c(c2)NCC3)CC(CO)O1. The highest BCUT2D eigenvalue weighted by molar-refractivity contribution is 7.89. The Labute approximate surface area is 124 Å². The smallest absolute Gasteiger partial charge is 0.243 e. The summed E-state index contributed by atoms with van der Waals surface area (Å²) in [5, 5.41) is 12.4. The molecule has 7 heteroatoms. The zero-order valence-electron chi connectivity index (χ0n) is 11.9. The second kappa shape index (κ2) is 5.57. The molecule has 3 rings (SSSR count). The van der Waals surface area contributed by atoms with Crippen LogP contribution in [0.25, 0.3) is 0 Å². The van der Waals surface area contributed by atoms with Gasteiger partial charge in [-0.3, -0.25) is 0 Å². The Hall–Kier alpha value is -1.15. The van der Waals surface area contributed by atoms with Gasteiger partial charge in [0.1, 0.15) is 0 Å². The Morgan fingerprint density at radius 1 is 1.43 bits per heavy atom. The molecule has 116 valence electrons. The zero-order chi connectivity index (χ0) is 15.0. The van der Waals surface area contributed by atoms with Crippen LogP contribution >= 0.6 is 0 Å². The normalized spacial score (nSPS) is 26.4. The van der Waals surface area contributed by atoms with Gasteiger partial charge in [-0.05, 0) is 31.0 Å². The van der Waals surface area contributed by atoms with Crippen molar-refractivity contribution in [3.8, 4) is 0 Å². The third-order valence-electron chi connectivity index (χ3n) is 3.93. The average molecular weight is 312 g/mol. The van der Waals surface area contributed by atoms with Crippen LogP contribution in [0.1, 0.15) is 12.5 Å². The van der Waals surface area contributed by atoms with E-state index in [2.05, 4.69) is 5.32 Å². The highest BCUT2D eigenvalue weighted by Crippen LogP contribution is 2.28. The number of nitrogens with one attached hydrogen (secondary N) is 1. The molecule has 2 aliphatic heterocycles. The Morgan fingerprint density at radius 2 is 2.24 bits per heavy atom. The number of fused-ring (bicyclic) bond motifs is 1. The van der Waals surface area contributed by atoms with Crippen LogP contribution in [0.5, 0.6) is 0 Å². The summed E-state index contributed by atoms with van der Waals surface area (Å²) in [7, 11) is -3.56. The topological polar surface area (TPSA) is 78.9 Å². The number of hydrogen-bond donors (Lipinski definition) is 2. The first-order valence-electron chi connectivity index (χ1n) is 7.14. The predicted octanol–water partition coefficient (Wildman–Crippen LogP) is 0.425. The third-order valence-corrected chi connectivity index (χ3v) is 5.75. The van der Waals surface area contributed by atoms with E-state index in [0.717, 1.165) is 24.2 Å². The molecule has 1 aromatic rings. The first kappa shape index (κ1) is 14.8. The van der Waals surface area contributed by atoms with Gasteiger partial charge in [-0.15, -0.1) is 0 Å². The number of anilines is 1. The Balaban J connectivity index is 1.89. The van der Waals surface area contributed by atoms with Gasteiger partial charge in [0.2, 0.25) is 10.0 Å². The van der Waals surface area contributed by atoms with Crippen LogP contribution in [-0.2, 0) is 21.2 Å². The number of hydrogen-bond acceptors (Lipinski definition) is 5. The number of ether oxygens (including phenoxy) is 1. The highest BCUT2D eigenvalue weighted by atomic mass is 32.2. The summed E-state index contributed by atoms with van der Waals surface area (Å²) in [4.78, 5) is 0.293. The van der Waals surface area contributed by atoms with Gasteiger partial charge in [0.25, 0.3) is 0 Å². The summed E-state index contributed by atoms with van der Waals surface area (Å²) < 4.78 is 32.4. The van der Waals surface area contributed by atoms with E-state index < -0.39 is 16.1 Å². The molecule has 2 aliphatic rings. The van der Waals surface area contributed by atoms with E-state index in [0.29, 0.717) is 11.4 Å². The van der Waals surface area contributed by atoms with E-state index in [-0.39, 0.29) is 19.3 Å². The first-order valence-corrected chi connectivity index (χ1v) is 8.58. The number of rotatable bonds is 3. The van der Waals surface area contributed by atoms with Crippen molar-refractivity contribution in [2.45, 2.75) is 30.4 Å². The van der Waals surface area contributed by atoms with Crippen molar-refractivity contribution in [1.82, 2.24) is 4.31 Å². The summed E-state index contributed by atoms with van der Waals surface area (Å²) in [6.07, 6.45) is 0.242. The Kier molecular flexibility index (Phi) is 3.92. The van der Waals surface area contributed by atoms with Gasteiger partial charge < -0.3 is 15.2 Å². The van der Waals surface area contributed by atoms with Crippen LogP contribution < -0.4 is 5.32 Å². The first-order chi connectivity index (χ1) is 10.0. The molecule has 2 N–H and O–H groups in total. The minimum atomic E-state index is -3.56. The van der Waals surface area contributed by atoms with Gasteiger partial charge in [-0.25, -0.2) is 8.42 Å². The minimum absolute atomic E-state index is 0.178. The van der Waals surface area contributed by atoms with Crippen LogP contribution in [0, 0.1) is 0 Å². The number of sulfonamides is 1. The fourth-order valence-corrected chi connectivity index (χ4v) is 4.45. The van der Waals surface area contributed by atoms with Crippen molar-refractivity contribution in [2.24, 2.45) is 0 Å². The molecule has 2 unspecified atom stereocenters. The molecule has 1 aromatic carbocycles. The van der Waals surface area contributed by atoms with Crippen molar-refractivity contribution in [3.63, 3.8) is 0 Å². The van der Waals surface area contributed by atoms with E-state index in [1.807, 2.05) is 13.0 Å². The lowest BCUT2D eigenvalue weighted by Crippen LogP contribution is -2.50. The lowest BCUT2D eigenvalue weighted by atomic mass is 10.2. The van der Waals surface area contributed by atoms with Crippen LogP contribution in [0.2, 0.25) is 0 Å². The molecule has 6 nitrogen and oxygen atoms in total. The van der Waals surface area contributed by atoms with Crippen LogP contribution in [0.15, 0.2) is 23.1 Å². The van der Waals surface area contributed by atoms with Crippen molar-refractivity contribution >= 4 is 15.7 Å². The third kappa shape index (κ3) is 2.78. The highest BCUT2D eigenvalue weighted by Gasteiger charge is 2.34. The molecule has 0 aromatic heterocycles. The number of morpholine rings is 1. The summed E-state index contributed by atoms with van der Waals surface area (Å²) in [6.45, 7) is 2.98. The Morgan fingerprint density at radius 3 is 3.00 bits per heavy atom. The largest absolute Gasteiger partial charge is 0.394 e. The number of aliphatic hydroxyl groups is 1. The molecule has 0 aliphatic carbocycles. The van der Waals surface area contributed by atoms with Gasteiger partial charge in [-0.1, -0.05) is 6.07 Å². The monoisotopic (exact) mass is 312 g/mol. The van der Waals surface area contributed by atoms with E-state index >= 15 is 0 Å². The molecule has 2 atom stereocenters. The van der Waals surface area contributed by atoms with Gasteiger partial charge >= 0.3 is 0 Å². The lowest BCUT2D eigenvalue weighted by molar-refractivity contribution is -0.0750. The van der Waals surface area contributed by atoms with Gasteiger partial charge in [-0.2, -0.15) is 4.31 Å². The summed E-state index contributed by atoms with van der Waals surface area (Å²) in [6, 6.07) is 5.23. The average Bonchev–Trinajstić information content (AvgIpc) is 2.93. The molecule has 0 saturated carbocycles. The molecule has 1 saturated heterocycles. The summed E-state index contributed by atoms with van der Waals surface area (Å²) in [5.74, 6) is 0. The molecule has 0 bridgehead atoms. The van der Waals surface area contributed by atoms with Crippen molar-refractivity contribution in [3.05, 3.63) is 23.8 Å². The standard InChI is InChI=1S/C14H20N2O4S/c1-10-7-16(8-12(9-17)20-10)21(18,19)13-3-2-11-4-5-15-14(11)6-13/h2-3,6,10,12,15,17H,4-5,7-9H2,1H3. The maximum absolute atomic E-state index is 12.8. The quantitative estimate of drug-likeness (QED) is 0.846. The van der Waals surface area contributed by atoms with E-state index in [1.165, 1.54) is 4.31 Å². The van der Waals surface area contributed by atoms with E-state index in [1.54, 1.807) is 12.1 Å². The van der Waals surface area contributed by atoms with E-state index in [9.17, 15) is 13.5 Å². The number of benzene rings is 1. The maximum atomic E-state index is 12.8. The van der Waals surface area contributed by atoms with Crippen molar-refractivity contribution in [2.75, 3.05) is 31.6 Å². The van der Waals surface area contributed by atoms with Crippen molar-refractivity contribution < 1.29 is 18.3 Å². The van der Waals surface area contributed by atoms with Crippen LogP contribution in [-0.4, -0.2) is 56.3 Å². The fraction of sp³-hybridized carbons (Fsp3) is 0.571. The second-order valence-electron chi connectivity index (χ2n) is 5.57. The molecule has 2 heterocycles. The Bertz CT molecular complexity index is 632. The molecule has 1 fully saturated rings. The van der Waals surface area contributed by atoms with Crippen LogP contribution in [0.3, 0.4) is 0 Å². The minimum Gasteiger partial charge on any atom is -0.394 e. The van der Waals surface area contributed by atoms with Crippen molar-refractivity contribution in [1.29, 1.82) is 0 Å². The fourth-order valence-electron chi connectivity index (χ4n) is 2.88. The molecular weight excluding hydrogens is 292 g/mol. The molecule has 21 heavy (non-hydrogen) atoms. The number of aliphatic hydroxyl groups excluding tert-OH is 1. The molecule has 0 radical (unpaired) electrons. The second-order valence-corrected chi connectivity index (χ2v) is 7.51. The van der Waals surface area contributed by atoms with Gasteiger partial charge in [0.05, 0.1) is 23.7 Å². The summed E-state index contributed by atoms with van der Waals surface area (Å²) in [5.41, 5.74) is 2.05. The number of nitrogens with zero attached hydrogens (tertiary/aromatic N) is 1. The predicted molar refractivity (Wildman–Crippen MR) is 78.8 cm³/mol. The van der Waals surface area contributed by atoms with E-state index in [4.69, 9.17) is 4.74 Å². The molecule has 0 amide bonds. The molecule has 0 spiro atoms. The zero-order valence-corrected chi connectivity index (χ0v) is 12.8.